The molecular weight excluding hydrogens is 218 g/mol. The summed E-state index contributed by atoms with van der Waals surface area (Å²) in [5, 5.41) is 3.59. The van der Waals surface area contributed by atoms with Gasteiger partial charge in [-0.05, 0) is 53.6 Å². The number of nitrogens with zero attached hydrogens (tertiary/aromatic N) is 2. The predicted molar refractivity (Wildman–Crippen MR) is 74.4 cm³/mol. The molecule has 1 saturated heterocycles. The largest absolute Gasteiger partial charge is 0.312 e. The molecule has 1 atom stereocenters. The maximum Gasteiger partial charge on any atom is 0.0170 e. The summed E-state index contributed by atoms with van der Waals surface area (Å²) in [4.78, 5) is 4.72. The summed E-state index contributed by atoms with van der Waals surface area (Å²) in [6.07, 6.45) is 2.57. The molecule has 0 radical (unpaired) electrons. The lowest BCUT2D eigenvalue weighted by Crippen LogP contribution is -2.39. The van der Waals surface area contributed by atoms with Gasteiger partial charge >= 0.3 is 0 Å². The van der Waals surface area contributed by atoms with E-state index in [4.69, 9.17) is 0 Å². The van der Waals surface area contributed by atoms with Crippen molar-refractivity contribution in [3.63, 3.8) is 0 Å². The van der Waals surface area contributed by atoms with E-state index < -0.39 is 0 Å². The molecule has 1 unspecified atom stereocenters. The molecule has 0 aromatic heterocycles. The Kier molecular flexibility index (Phi) is 7.45. The van der Waals surface area contributed by atoms with Crippen LogP contribution in [0.5, 0.6) is 0 Å². The summed E-state index contributed by atoms with van der Waals surface area (Å²) in [5.74, 6) is 2.58. The fraction of sp³-hybridized carbons (Fsp3) is 1.00. The van der Waals surface area contributed by atoms with E-state index in [9.17, 15) is 0 Å². The molecule has 1 heterocycles. The van der Waals surface area contributed by atoms with E-state index in [1.165, 1.54) is 50.5 Å². The van der Waals surface area contributed by atoms with Crippen molar-refractivity contribution in [2.75, 3.05) is 58.8 Å². The smallest absolute Gasteiger partial charge is 0.0170 e. The summed E-state index contributed by atoms with van der Waals surface area (Å²) in [7, 11) is 6.53. The van der Waals surface area contributed by atoms with Gasteiger partial charge in [-0.2, -0.15) is 11.8 Å². The molecule has 16 heavy (non-hydrogen) atoms. The zero-order valence-corrected chi connectivity index (χ0v) is 11.9. The van der Waals surface area contributed by atoms with E-state index in [2.05, 4.69) is 48.0 Å². The minimum absolute atomic E-state index is 0.745. The van der Waals surface area contributed by atoms with Crippen molar-refractivity contribution in [1.82, 2.24) is 15.1 Å². The molecule has 96 valence electrons. The molecule has 1 aliphatic heterocycles. The summed E-state index contributed by atoms with van der Waals surface area (Å²) in [6.45, 7) is 4.84. The lowest BCUT2D eigenvalue weighted by Gasteiger charge is -2.25. The molecule has 1 fully saturated rings. The third-order valence-electron chi connectivity index (χ3n) is 3.00. The van der Waals surface area contributed by atoms with Crippen LogP contribution in [0.2, 0.25) is 0 Å². The second-order valence-corrected chi connectivity index (χ2v) is 6.12. The van der Waals surface area contributed by atoms with Crippen molar-refractivity contribution >= 4 is 11.8 Å². The van der Waals surface area contributed by atoms with Crippen molar-refractivity contribution in [1.29, 1.82) is 0 Å². The summed E-state index contributed by atoms with van der Waals surface area (Å²) >= 11 is 2.09. The maximum atomic E-state index is 3.59. The third kappa shape index (κ3) is 6.74. The zero-order chi connectivity index (χ0) is 11.8. The Morgan fingerprint density at radius 1 is 1.19 bits per heavy atom. The van der Waals surface area contributed by atoms with Gasteiger partial charge in [0.05, 0.1) is 0 Å². The molecule has 1 aliphatic rings. The van der Waals surface area contributed by atoms with Crippen molar-refractivity contribution in [3.05, 3.63) is 0 Å². The second-order valence-electron chi connectivity index (χ2n) is 4.97. The Morgan fingerprint density at radius 3 is 2.62 bits per heavy atom. The SMILES string of the molecule is CN(C)CCCN(C)CCC1CSCCN1. The van der Waals surface area contributed by atoms with E-state index >= 15 is 0 Å². The van der Waals surface area contributed by atoms with Crippen LogP contribution in [0, 0.1) is 0 Å². The molecule has 1 N–H and O–H groups in total. The lowest BCUT2D eigenvalue weighted by atomic mass is 10.2. The average Bonchev–Trinajstić information content (AvgIpc) is 2.27. The van der Waals surface area contributed by atoms with Gasteiger partial charge < -0.3 is 15.1 Å². The summed E-state index contributed by atoms with van der Waals surface area (Å²) < 4.78 is 0. The number of hydrogen-bond donors (Lipinski definition) is 1. The monoisotopic (exact) mass is 245 g/mol. The molecule has 0 aliphatic carbocycles. The highest BCUT2D eigenvalue weighted by Crippen LogP contribution is 2.10. The van der Waals surface area contributed by atoms with Gasteiger partial charge in [-0.25, -0.2) is 0 Å². The fourth-order valence-corrected chi connectivity index (χ4v) is 2.95. The van der Waals surface area contributed by atoms with Crippen LogP contribution in [-0.4, -0.2) is 74.7 Å². The minimum atomic E-state index is 0.745. The highest BCUT2D eigenvalue weighted by Gasteiger charge is 2.12. The average molecular weight is 245 g/mol. The quantitative estimate of drug-likeness (QED) is 0.720. The highest BCUT2D eigenvalue weighted by atomic mass is 32.2. The van der Waals surface area contributed by atoms with Gasteiger partial charge in [0, 0.05) is 24.1 Å². The molecule has 0 saturated carbocycles. The Labute approximate surface area is 105 Å². The Balaban J connectivity index is 1.98. The van der Waals surface area contributed by atoms with E-state index in [0.29, 0.717) is 0 Å². The van der Waals surface area contributed by atoms with Gasteiger partial charge in [0.2, 0.25) is 0 Å². The number of nitrogens with one attached hydrogen (secondary N) is 1. The topological polar surface area (TPSA) is 18.5 Å². The van der Waals surface area contributed by atoms with Gasteiger partial charge in [0.25, 0.3) is 0 Å². The van der Waals surface area contributed by atoms with Crippen LogP contribution < -0.4 is 5.32 Å². The van der Waals surface area contributed by atoms with Crippen LogP contribution in [0.1, 0.15) is 12.8 Å². The van der Waals surface area contributed by atoms with Gasteiger partial charge in [0.15, 0.2) is 0 Å². The Morgan fingerprint density at radius 2 is 2.00 bits per heavy atom. The van der Waals surface area contributed by atoms with Gasteiger partial charge in [-0.3, -0.25) is 0 Å². The molecular formula is C12H27N3S. The molecule has 0 bridgehead atoms. The van der Waals surface area contributed by atoms with E-state index in [1.54, 1.807) is 0 Å². The third-order valence-corrected chi connectivity index (χ3v) is 4.13. The standard InChI is InChI=1S/C12H27N3S/c1-14(2)7-4-8-15(3)9-5-12-11-16-10-6-13-12/h12-13H,4-11H2,1-3H3. The molecule has 0 aromatic carbocycles. The van der Waals surface area contributed by atoms with Crippen molar-refractivity contribution in [2.24, 2.45) is 0 Å². The Bertz CT molecular complexity index is 170. The van der Waals surface area contributed by atoms with Crippen LogP contribution >= 0.6 is 11.8 Å². The van der Waals surface area contributed by atoms with Gasteiger partial charge in [-0.15, -0.1) is 0 Å². The van der Waals surface area contributed by atoms with Gasteiger partial charge in [-0.1, -0.05) is 0 Å². The minimum Gasteiger partial charge on any atom is -0.312 e. The van der Waals surface area contributed by atoms with Crippen molar-refractivity contribution in [3.8, 4) is 0 Å². The number of rotatable bonds is 7. The zero-order valence-electron chi connectivity index (χ0n) is 11.0. The molecule has 0 aromatic rings. The van der Waals surface area contributed by atoms with Gasteiger partial charge in [0.1, 0.15) is 0 Å². The molecule has 1 rings (SSSR count). The highest BCUT2D eigenvalue weighted by molar-refractivity contribution is 7.99. The Hall–Kier alpha value is 0.230. The lowest BCUT2D eigenvalue weighted by molar-refractivity contribution is 0.287. The summed E-state index contributed by atoms with van der Waals surface area (Å²) in [5.41, 5.74) is 0. The van der Waals surface area contributed by atoms with Crippen LogP contribution in [-0.2, 0) is 0 Å². The van der Waals surface area contributed by atoms with Crippen LogP contribution in [0.25, 0.3) is 0 Å². The van der Waals surface area contributed by atoms with Crippen molar-refractivity contribution < 1.29 is 0 Å². The van der Waals surface area contributed by atoms with Crippen LogP contribution in [0.15, 0.2) is 0 Å². The first kappa shape index (κ1) is 14.3. The van der Waals surface area contributed by atoms with Crippen molar-refractivity contribution in [2.45, 2.75) is 18.9 Å². The maximum absolute atomic E-state index is 3.59. The first-order valence-corrected chi connectivity index (χ1v) is 7.48. The van der Waals surface area contributed by atoms with Crippen LogP contribution in [0.3, 0.4) is 0 Å². The fourth-order valence-electron chi connectivity index (χ4n) is 1.95. The van der Waals surface area contributed by atoms with Crippen LogP contribution in [0.4, 0.5) is 0 Å². The molecule has 0 spiro atoms. The number of thioether (sulfide) groups is 1. The van der Waals surface area contributed by atoms with E-state index in [1.807, 2.05) is 0 Å². The predicted octanol–water partition coefficient (Wildman–Crippen LogP) is 0.965. The molecule has 4 heteroatoms. The first-order valence-electron chi connectivity index (χ1n) is 6.33. The number of hydrogen-bond acceptors (Lipinski definition) is 4. The molecule has 0 amide bonds. The molecule has 3 nitrogen and oxygen atoms in total. The summed E-state index contributed by atoms with van der Waals surface area (Å²) in [6, 6.07) is 0.745. The van der Waals surface area contributed by atoms with E-state index in [-0.39, 0.29) is 0 Å². The first-order chi connectivity index (χ1) is 7.68. The second kappa shape index (κ2) is 8.34. The van der Waals surface area contributed by atoms with E-state index in [0.717, 1.165) is 6.04 Å². The normalized spacial score (nSPS) is 21.9.